The van der Waals surface area contributed by atoms with Crippen molar-refractivity contribution in [1.82, 2.24) is 10.6 Å². The Morgan fingerprint density at radius 1 is 1.17 bits per heavy atom. The van der Waals surface area contributed by atoms with Crippen molar-refractivity contribution in [2.45, 2.75) is 31.3 Å². The molecule has 3 rings (SSSR count). The van der Waals surface area contributed by atoms with Crippen LogP contribution in [-0.4, -0.2) is 17.9 Å². The van der Waals surface area contributed by atoms with Crippen LogP contribution in [0.25, 0.3) is 0 Å². The minimum Gasteiger partial charge on any atom is -0.347 e. The molecule has 2 atom stereocenters. The van der Waals surface area contributed by atoms with Gasteiger partial charge in [0.1, 0.15) is 11.9 Å². The van der Waals surface area contributed by atoms with E-state index in [1.54, 1.807) is 12.1 Å². The molecule has 0 aromatic heterocycles. The van der Waals surface area contributed by atoms with Gasteiger partial charge in [-0.25, -0.2) is 4.39 Å². The van der Waals surface area contributed by atoms with E-state index in [0.29, 0.717) is 19.3 Å². The summed E-state index contributed by atoms with van der Waals surface area (Å²) in [5.74, 6) is -0.561. The van der Waals surface area contributed by atoms with E-state index in [-0.39, 0.29) is 23.7 Å². The van der Waals surface area contributed by atoms with Gasteiger partial charge < -0.3 is 10.6 Å². The first kappa shape index (κ1) is 16.2. The Hall–Kier alpha value is -2.69. The molecule has 1 fully saturated rings. The Labute approximate surface area is 140 Å². The predicted octanol–water partition coefficient (Wildman–Crippen LogP) is 2.50. The zero-order chi connectivity index (χ0) is 16.9. The molecule has 1 aliphatic rings. The van der Waals surface area contributed by atoms with Gasteiger partial charge in [0.15, 0.2) is 0 Å². The monoisotopic (exact) mass is 326 g/mol. The number of hydrogen-bond donors (Lipinski definition) is 2. The van der Waals surface area contributed by atoms with Gasteiger partial charge in [-0.3, -0.25) is 9.59 Å². The number of benzene rings is 2. The average Bonchev–Trinajstić information content (AvgIpc) is 3.03. The van der Waals surface area contributed by atoms with Gasteiger partial charge >= 0.3 is 0 Å². The Bertz CT molecular complexity index is 716. The molecule has 2 aromatic carbocycles. The van der Waals surface area contributed by atoms with Crippen LogP contribution in [0.15, 0.2) is 54.6 Å². The van der Waals surface area contributed by atoms with Crippen LogP contribution in [0.3, 0.4) is 0 Å². The normalized spacial score (nSPS) is 18.0. The number of carbonyl (C=O) groups excluding carboxylic acids is 2. The zero-order valence-corrected chi connectivity index (χ0v) is 13.2. The first-order valence-corrected chi connectivity index (χ1v) is 8.01. The highest BCUT2D eigenvalue weighted by Crippen LogP contribution is 2.20. The van der Waals surface area contributed by atoms with Crippen molar-refractivity contribution in [2.75, 3.05) is 0 Å². The molecular weight excluding hydrogens is 307 g/mol. The molecule has 0 saturated carbocycles. The van der Waals surface area contributed by atoms with Crippen LogP contribution in [0.4, 0.5) is 4.39 Å². The summed E-state index contributed by atoms with van der Waals surface area (Å²) in [6.45, 7) is 0. The smallest absolute Gasteiger partial charge is 0.243 e. The third kappa shape index (κ3) is 3.98. The van der Waals surface area contributed by atoms with Crippen molar-refractivity contribution in [3.63, 3.8) is 0 Å². The van der Waals surface area contributed by atoms with Crippen LogP contribution in [0, 0.1) is 5.82 Å². The molecule has 0 radical (unpaired) electrons. The summed E-state index contributed by atoms with van der Waals surface area (Å²) in [5, 5.41) is 5.69. The highest BCUT2D eigenvalue weighted by atomic mass is 19.1. The standard InChI is InChI=1S/C19H19FN2O2/c20-15-8-6-13(7-9-15)12-17(14-4-2-1-3-5-14)22-19(24)16-10-11-18(23)21-16/h1-9,16-17H,10-12H2,(H,21,23)(H,22,24)/t16-,17-/m0/s1. The lowest BCUT2D eigenvalue weighted by Gasteiger charge is -2.21. The Balaban J connectivity index is 1.76. The van der Waals surface area contributed by atoms with E-state index >= 15 is 0 Å². The first-order chi connectivity index (χ1) is 11.6. The lowest BCUT2D eigenvalue weighted by atomic mass is 9.98. The summed E-state index contributed by atoms with van der Waals surface area (Å²) in [4.78, 5) is 23.7. The molecule has 4 nitrogen and oxygen atoms in total. The Morgan fingerprint density at radius 3 is 2.50 bits per heavy atom. The van der Waals surface area contributed by atoms with Crippen molar-refractivity contribution >= 4 is 11.8 Å². The minimum absolute atomic E-state index is 0.0926. The number of halogens is 1. The third-order valence-corrected chi connectivity index (χ3v) is 4.18. The molecule has 0 unspecified atom stereocenters. The zero-order valence-electron chi connectivity index (χ0n) is 13.2. The molecule has 0 spiro atoms. The molecular formula is C19H19FN2O2. The summed E-state index contributed by atoms with van der Waals surface area (Å²) >= 11 is 0. The van der Waals surface area contributed by atoms with E-state index in [1.807, 2.05) is 30.3 Å². The van der Waals surface area contributed by atoms with Gasteiger partial charge in [-0.15, -0.1) is 0 Å². The van der Waals surface area contributed by atoms with E-state index in [9.17, 15) is 14.0 Å². The third-order valence-electron chi connectivity index (χ3n) is 4.18. The van der Waals surface area contributed by atoms with E-state index < -0.39 is 6.04 Å². The van der Waals surface area contributed by atoms with Crippen LogP contribution in [-0.2, 0) is 16.0 Å². The van der Waals surface area contributed by atoms with E-state index in [4.69, 9.17) is 0 Å². The van der Waals surface area contributed by atoms with Crippen molar-refractivity contribution in [3.05, 3.63) is 71.5 Å². The molecule has 24 heavy (non-hydrogen) atoms. The SMILES string of the molecule is O=C1CC[C@@H](C(=O)N[C@@H](Cc2ccc(F)cc2)c2ccccc2)N1. The number of rotatable bonds is 5. The fraction of sp³-hybridized carbons (Fsp3) is 0.263. The second-order valence-electron chi connectivity index (χ2n) is 5.96. The second kappa shape index (κ2) is 7.25. The minimum atomic E-state index is -0.475. The lowest BCUT2D eigenvalue weighted by molar-refractivity contribution is -0.126. The largest absolute Gasteiger partial charge is 0.347 e. The van der Waals surface area contributed by atoms with Crippen molar-refractivity contribution in [3.8, 4) is 0 Å². The number of nitrogens with one attached hydrogen (secondary N) is 2. The van der Waals surface area contributed by atoms with Gasteiger partial charge in [-0.2, -0.15) is 0 Å². The summed E-state index contributed by atoms with van der Waals surface area (Å²) < 4.78 is 13.1. The average molecular weight is 326 g/mol. The maximum Gasteiger partial charge on any atom is 0.243 e. The van der Waals surface area contributed by atoms with E-state index in [0.717, 1.165) is 11.1 Å². The molecule has 2 aromatic rings. The summed E-state index contributed by atoms with van der Waals surface area (Å²) in [5.41, 5.74) is 1.90. The molecule has 1 aliphatic heterocycles. The van der Waals surface area contributed by atoms with Gasteiger partial charge in [-0.1, -0.05) is 42.5 Å². The fourth-order valence-electron chi connectivity index (χ4n) is 2.88. The molecule has 2 amide bonds. The van der Waals surface area contributed by atoms with E-state index in [2.05, 4.69) is 10.6 Å². The topological polar surface area (TPSA) is 58.2 Å². The highest BCUT2D eigenvalue weighted by molar-refractivity contribution is 5.90. The number of amides is 2. The van der Waals surface area contributed by atoms with Gasteiger partial charge in [-0.05, 0) is 36.1 Å². The second-order valence-corrected chi connectivity index (χ2v) is 5.96. The van der Waals surface area contributed by atoms with Crippen LogP contribution in [0.1, 0.15) is 30.0 Å². The quantitative estimate of drug-likeness (QED) is 0.887. The number of carbonyl (C=O) groups is 2. The van der Waals surface area contributed by atoms with Gasteiger partial charge in [0.05, 0.1) is 6.04 Å². The maximum atomic E-state index is 13.1. The highest BCUT2D eigenvalue weighted by Gasteiger charge is 2.28. The van der Waals surface area contributed by atoms with Gasteiger partial charge in [0, 0.05) is 6.42 Å². The maximum absolute atomic E-state index is 13.1. The molecule has 124 valence electrons. The van der Waals surface area contributed by atoms with Gasteiger partial charge in [0.2, 0.25) is 11.8 Å². The van der Waals surface area contributed by atoms with Crippen LogP contribution >= 0.6 is 0 Å². The Kier molecular flexibility index (Phi) is 4.89. The number of hydrogen-bond acceptors (Lipinski definition) is 2. The van der Waals surface area contributed by atoms with Crippen LogP contribution < -0.4 is 10.6 Å². The molecule has 1 heterocycles. The molecule has 1 saturated heterocycles. The van der Waals surface area contributed by atoms with Crippen molar-refractivity contribution < 1.29 is 14.0 Å². The van der Waals surface area contributed by atoms with Crippen molar-refractivity contribution in [2.24, 2.45) is 0 Å². The summed E-state index contributed by atoms with van der Waals surface area (Å²) in [6, 6.07) is 15.2. The molecule has 2 N–H and O–H groups in total. The van der Waals surface area contributed by atoms with Crippen LogP contribution in [0.5, 0.6) is 0 Å². The van der Waals surface area contributed by atoms with E-state index in [1.165, 1.54) is 12.1 Å². The van der Waals surface area contributed by atoms with Crippen molar-refractivity contribution in [1.29, 1.82) is 0 Å². The van der Waals surface area contributed by atoms with Crippen LogP contribution in [0.2, 0.25) is 0 Å². The lowest BCUT2D eigenvalue weighted by Crippen LogP contribution is -2.43. The molecule has 0 aliphatic carbocycles. The predicted molar refractivity (Wildman–Crippen MR) is 88.6 cm³/mol. The Morgan fingerprint density at radius 2 is 1.88 bits per heavy atom. The first-order valence-electron chi connectivity index (χ1n) is 8.01. The fourth-order valence-corrected chi connectivity index (χ4v) is 2.88. The summed E-state index contributed by atoms with van der Waals surface area (Å²) in [6.07, 6.45) is 1.45. The molecule has 0 bridgehead atoms. The molecule has 5 heteroatoms. The van der Waals surface area contributed by atoms with Gasteiger partial charge in [0.25, 0.3) is 0 Å². The summed E-state index contributed by atoms with van der Waals surface area (Å²) in [7, 11) is 0.